The first kappa shape index (κ1) is 23.0. The zero-order chi connectivity index (χ0) is 21.7. The minimum absolute atomic E-state index is 0.0543. The Bertz CT molecular complexity index is 933. The molecule has 0 saturated heterocycles. The van der Waals surface area contributed by atoms with Gasteiger partial charge in [0.05, 0.1) is 4.90 Å². The van der Waals surface area contributed by atoms with Gasteiger partial charge in [-0.3, -0.25) is 4.79 Å². The summed E-state index contributed by atoms with van der Waals surface area (Å²) in [7, 11) is -2.49. The summed E-state index contributed by atoms with van der Waals surface area (Å²) in [6.07, 6.45) is -4.53. The molecule has 1 amide bonds. The molecule has 6 nitrogen and oxygen atoms in total. The monoisotopic (exact) mass is 450 g/mol. The molecule has 158 valence electrons. The van der Waals surface area contributed by atoms with E-state index in [1.54, 1.807) is 29.6 Å². The van der Waals surface area contributed by atoms with Gasteiger partial charge < -0.3 is 10.1 Å². The number of nitrogens with one attached hydrogen (secondary N) is 1. The number of ether oxygens (including phenoxy) is 1. The van der Waals surface area contributed by atoms with Crippen LogP contribution in [0.1, 0.15) is 10.4 Å². The highest BCUT2D eigenvalue weighted by Gasteiger charge is 2.28. The van der Waals surface area contributed by atoms with E-state index in [1.165, 1.54) is 7.05 Å². The molecule has 0 aliphatic carbocycles. The van der Waals surface area contributed by atoms with E-state index in [1.807, 2.05) is 0 Å². The second-order valence-electron chi connectivity index (χ2n) is 5.95. The zero-order valence-corrected chi connectivity index (χ0v) is 16.8. The molecular weight excluding hydrogens is 433 g/mol. The number of benzene rings is 2. The van der Waals surface area contributed by atoms with Crippen molar-refractivity contribution in [2.24, 2.45) is 0 Å². The summed E-state index contributed by atoms with van der Waals surface area (Å²) in [5, 5.41) is 2.27. The maximum atomic E-state index is 12.6. The van der Waals surface area contributed by atoms with Crippen LogP contribution in [0, 0.1) is 0 Å². The molecule has 1 N–H and O–H groups in total. The number of carbonyl (C=O) groups is 1. The third-order valence-electron chi connectivity index (χ3n) is 3.76. The number of amides is 1. The molecule has 0 atom stereocenters. The highest BCUT2D eigenvalue weighted by molar-refractivity contribution is 7.89. The molecule has 11 heteroatoms. The first-order valence-electron chi connectivity index (χ1n) is 8.29. The third kappa shape index (κ3) is 6.91. The van der Waals surface area contributed by atoms with E-state index < -0.39 is 28.7 Å². The van der Waals surface area contributed by atoms with Crippen LogP contribution < -0.4 is 10.1 Å². The number of likely N-dealkylation sites (N-methyl/N-ethyl adjacent to an activating group) is 1. The van der Waals surface area contributed by atoms with E-state index in [0.29, 0.717) is 10.8 Å². The topological polar surface area (TPSA) is 75.7 Å². The summed E-state index contributed by atoms with van der Waals surface area (Å²) in [5.74, 6) is -0.412. The van der Waals surface area contributed by atoms with Crippen molar-refractivity contribution >= 4 is 27.5 Å². The van der Waals surface area contributed by atoms with Gasteiger partial charge in [-0.1, -0.05) is 11.6 Å². The van der Waals surface area contributed by atoms with Gasteiger partial charge >= 0.3 is 6.18 Å². The van der Waals surface area contributed by atoms with E-state index in [9.17, 15) is 26.4 Å². The number of carbonyl (C=O) groups excluding carboxylic acids is 1. The Hall–Kier alpha value is -2.30. The minimum atomic E-state index is -4.53. The van der Waals surface area contributed by atoms with E-state index in [0.717, 1.165) is 28.6 Å². The van der Waals surface area contributed by atoms with Crippen molar-refractivity contribution in [1.29, 1.82) is 0 Å². The van der Waals surface area contributed by atoms with Gasteiger partial charge in [-0.25, -0.2) is 8.42 Å². The third-order valence-corrected chi connectivity index (χ3v) is 5.89. The summed E-state index contributed by atoms with van der Waals surface area (Å²) in [6.45, 7) is -1.32. The summed E-state index contributed by atoms with van der Waals surface area (Å²) in [5.41, 5.74) is -0.0816. The summed E-state index contributed by atoms with van der Waals surface area (Å²) in [4.78, 5) is 11.6. The van der Waals surface area contributed by atoms with Gasteiger partial charge in [0, 0.05) is 24.2 Å². The Morgan fingerprint density at radius 2 is 1.69 bits per heavy atom. The number of nitrogens with zero attached hydrogens (tertiary/aromatic N) is 1. The highest BCUT2D eigenvalue weighted by Crippen LogP contribution is 2.18. The predicted octanol–water partition coefficient (Wildman–Crippen LogP) is 3.33. The van der Waals surface area contributed by atoms with Crippen LogP contribution in [0.4, 0.5) is 13.2 Å². The molecule has 2 aromatic rings. The maximum Gasteiger partial charge on any atom is 0.405 e. The average molecular weight is 451 g/mol. The van der Waals surface area contributed by atoms with Crippen molar-refractivity contribution in [3.8, 4) is 5.75 Å². The molecule has 0 aromatic heterocycles. The van der Waals surface area contributed by atoms with Crippen molar-refractivity contribution in [2.45, 2.75) is 11.1 Å². The van der Waals surface area contributed by atoms with Gasteiger partial charge in [-0.05, 0) is 48.5 Å². The van der Waals surface area contributed by atoms with E-state index >= 15 is 0 Å². The quantitative estimate of drug-likeness (QED) is 0.669. The highest BCUT2D eigenvalue weighted by atomic mass is 35.5. The second kappa shape index (κ2) is 9.47. The zero-order valence-electron chi connectivity index (χ0n) is 15.2. The Labute approximate surface area is 171 Å². The lowest BCUT2D eigenvalue weighted by Crippen LogP contribution is -2.33. The van der Waals surface area contributed by atoms with Gasteiger partial charge in [0.25, 0.3) is 5.91 Å². The maximum absolute atomic E-state index is 12.6. The number of hydrogen-bond acceptors (Lipinski definition) is 4. The van der Waals surface area contributed by atoms with Crippen LogP contribution in [0.3, 0.4) is 0 Å². The van der Waals surface area contributed by atoms with Gasteiger partial charge in [0.2, 0.25) is 10.0 Å². The molecule has 0 aliphatic rings. The molecule has 0 radical (unpaired) electrons. The molecule has 0 fully saturated rings. The van der Waals surface area contributed by atoms with E-state index in [-0.39, 0.29) is 23.6 Å². The van der Waals surface area contributed by atoms with Crippen LogP contribution in [0.5, 0.6) is 5.75 Å². The van der Waals surface area contributed by atoms with Crippen molar-refractivity contribution in [3.05, 3.63) is 59.1 Å². The van der Waals surface area contributed by atoms with Crippen LogP contribution in [0.2, 0.25) is 5.02 Å². The standard InChI is InChI=1S/C18H18ClF3N2O4S/c1-24(10-11-28-15-6-4-14(19)5-7-15)29(26,27)16-8-2-13(3-9-16)17(25)23-12-18(20,21)22/h2-9H,10-12H2,1H3,(H,23,25). The van der Waals surface area contributed by atoms with Crippen LogP contribution in [0.15, 0.2) is 53.4 Å². The second-order valence-corrected chi connectivity index (χ2v) is 8.43. The first-order chi connectivity index (χ1) is 13.5. The minimum Gasteiger partial charge on any atom is -0.492 e. The summed E-state index contributed by atoms with van der Waals surface area (Å²) >= 11 is 5.77. The smallest absolute Gasteiger partial charge is 0.405 e. The molecule has 0 saturated carbocycles. The largest absolute Gasteiger partial charge is 0.492 e. The Morgan fingerprint density at radius 3 is 2.24 bits per heavy atom. The predicted molar refractivity (Wildman–Crippen MR) is 102 cm³/mol. The molecular formula is C18H18ClF3N2O4S. The average Bonchev–Trinajstić information content (AvgIpc) is 2.67. The fraction of sp³-hybridized carbons (Fsp3) is 0.278. The number of hydrogen-bond donors (Lipinski definition) is 1. The Morgan fingerprint density at radius 1 is 1.10 bits per heavy atom. The van der Waals surface area contributed by atoms with Crippen LogP contribution in [-0.4, -0.2) is 51.6 Å². The molecule has 2 aromatic carbocycles. The van der Waals surface area contributed by atoms with Crippen molar-refractivity contribution in [1.82, 2.24) is 9.62 Å². The fourth-order valence-electron chi connectivity index (χ4n) is 2.18. The molecule has 2 rings (SSSR count). The van der Waals surface area contributed by atoms with E-state index in [4.69, 9.17) is 16.3 Å². The van der Waals surface area contributed by atoms with Crippen LogP contribution in [0.25, 0.3) is 0 Å². The lowest BCUT2D eigenvalue weighted by Gasteiger charge is -2.18. The van der Waals surface area contributed by atoms with Crippen molar-refractivity contribution in [3.63, 3.8) is 0 Å². The molecule has 0 heterocycles. The van der Waals surface area contributed by atoms with Crippen molar-refractivity contribution in [2.75, 3.05) is 26.7 Å². The van der Waals surface area contributed by atoms with Crippen LogP contribution >= 0.6 is 11.6 Å². The summed E-state index contributed by atoms with van der Waals surface area (Å²) in [6, 6.07) is 11.2. The number of rotatable bonds is 8. The van der Waals surface area contributed by atoms with Crippen molar-refractivity contribution < 1.29 is 31.1 Å². The van der Waals surface area contributed by atoms with Crippen LogP contribution in [-0.2, 0) is 10.0 Å². The Balaban J connectivity index is 1.95. The summed E-state index contributed by atoms with van der Waals surface area (Å²) < 4.78 is 68.1. The van der Waals surface area contributed by atoms with Gasteiger partial charge in [-0.2, -0.15) is 17.5 Å². The van der Waals surface area contributed by atoms with Gasteiger partial charge in [0.1, 0.15) is 18.9 Å². The molecule has 0 unspecified atom stereocenters. The normalized spacial score (nSPS) is 12.1. The number of alkyl halides is 3. The lowest BCUT2D eigenvalue weighted by atomic mass is 10.2. The number of halogens is 4. The van der Waals surface area contributed by atoms with E-state index in [2.05, 4.69) is 0 Å². The molecule has 0 bridgehead atoms. The lowest BCUT2D eigenvalue weighted by molar-refractivity contribution is -0.123. The number of sulfonamides is 1. The first-order valence-corrected chi connectivity index (χ1v) is 10.1. The Kier molecular flexibility index (Phi) is 7.50. The molecule has 0 aliphatic heterocycles. The molecule has 0 spiro atoms. The SMILES string of the molecule is CN(CCOc1ccc(Cl)cc1)S(=O)(=O)c1ccc(C(=O)NCC(F)(F)F)cc1. The van der Waals surface area contributed by atoms with Gasteiger partial charge in [0.15, 0.2) is 0 Å². The van der Waals surface area contributed by atoms with Gasteiger partial charge in [-0.15, -0.1) is 0 Å². The molecule has 29 heavy (non-hydrogen) atoms. The fourth-order valence-corrected chi connectivity index (χ4v) is 3.46.